The van der Waals surface area contributed by atoms with E-state index >= 15 is 0 Å². The van der Waals surface area contributed by atoms with Crippen molar-refractivity contribution in [3.05, 3.63) is 63.9 Å². The van der Waals surface area contributed by atoms with Crippen LogP contribution >= 0.6 is 23.2 Å². The maximum absolute atomic E-state index is 12.2. The van der Waals surface area contributed by atoms with Gasteiger partial charge in [0, 0.05) is 32.0 Å². The number of rotatable bonds is 5. The second-order valence-electron chi connectivity index (χ2n) is 5.91. The molecule has 1 fully saturated rings. The lowest BCUT2D eigenvalue weighted by Gasteiger charge is -2.32. The second kappa shape index (κ2) is 8.63. The Morgan fingerprint density at radius 3 is 2.96 bits per heavy atom. The fourth-order valence-electron chi connectivity index (χ4n) is 2.72. The minimum Gasteiger partial charge on any atom is -0.371 e. The highest BCUT2D eigenvalue weighted by atomic mass is 35.5. The second-order valence-corrected chi connectivity index (χ2v) is 6.72. The Balaban J connectivity index is 1.52. The predicted octanol–water partition coefficient (Wildman–Crippen LogP) is 3.08. The van der Waals surface area contributed by atoms with E-state index in [4.69, 9.17) is 27.9 Å². The van der Waals surface area contributed by atoms with Gasteiger partial charge in [0.15, 0.2) is 0 Å². The third-order valence-electron chi connectivity index (χ3n) is 4.05. The quantitative estimate of drug-likeness (QED) is 0.866. The van der Waals surface area contributed by atoms with Crippen molar-refractivity contribution in [1.82, 2.24) is 15.2 Å². The van der Waals surface area contributed by atoms with Crippen molar-refractivity contribution < 1.29 is 9.53 Å². The van der Waals surface area contributed by atoms with Gasteiger partial charge in [-0.05, 0) is 29.3 Å². The summed E-state index contributed by atoms with van der Waals surface area (Å²) in [6.45, 7) is 2.74. The van der Waals surface area contributed by atoms with Gasteiger partial charge in [-0.25, -0.2) is 0 Å². The Bertz CT molecular complexity index is 728. The third kappa shape index (κ3) is 5.16. The minimum atomic E-state index is -0.116. The number of carbonyl (C=O) groups is 1. The predicted molar refractivity (Wildman–Crippen MR) is 97.7 cm³/mol. The van der Waals surface area contributed by atoms with Crippen LogP contribution in [0.3, 0.4) is 0 Å². The molecule has 1 N–H and O–H groups in total. The molecule has 25 heavy (non-hydrogen) atoms. The lowest BCUT2D eigenvalue weighted by atomic mass is 10.1. The van der Waals surface area contributed by atoms with Crippen molar-refractivity contribution in [2.75, 3.05) is 26.2 Å². The summed E-state index contributed by atoms with van der Waals surface area (Å²) in [7, 11) is 0. The van der Waals surface area contributed by atoms with Crippen LogP contribution in [0.15, 0.2) is 42.7 Å². The van der Waals surface area contributed by atoms with Crippen LogP contribution in [0.2, 0.25) is 10.0 Å². The number of aromatic nitrogens is 1. The molecular weight excluding hydrogens is 361 g/mol. The molecule has 1 amide bonds. The number of hydrogen-bond donors (Lipinski definition) is 1. The zero-order chi connectivity index (χ0) is 17.6. The first-order valence-corrected chi connectivity index (χ1v) is 8.82. The molecular formula is C18H19Cl2N3O2. The molecule has 1 saturated heterocycles. The van der Waals surface area contributed by atoms with Crippen molar-refractivity contribution in [1.29, 1.82) is 0 Å². The number of nitrogens with one attached hydrogen (secondary N) is 1. The van der Waals surface area contributed by atoms with E-state index in [-0.39, 0.29) is 12.0 Å². The van der Waals surface area contributed by atoms with Gasteiger partial charge in [-0.1, -0.05) is 35.3 Å². The van der Waals surface area contributed by atoms with E-state index in [1.165, 1.54) is 0 Å². The topological polar surface area (TPSA) is 54.5 Å². The number of morpholine rings is 1. The number of ether oxygens (including phenoxy) is 1. The van der Waals surface area contributed by atoms with Crippen LogP contribution in [0.4, 0.5) is 0 Å². The summed E-state index contributed by atoms with van der Waals surface area (Å²) in [4.78, 5) is 18.3. The van der Waals surface area contributed by atoms with Gasteiger partial charge in [-0.15, -0.1) is 0 Å². The maximum Gasteiger partial charge on any atom is 0.234 e. The molecule has 1 aromatic heterocycles. The first kappa shape index (κ1) is 18.1. The number of pyridine rings is 1. The average molecular weight is 380 g/mol. The van der Waals surface area contributed by atoms with Crippen molar-refractivity contribution in [2.24, 2.45) is 0 Å². The van der Waals surface area contributed by atoms with Crippen molar-refractivity contribution >= 4 is 29.1 Å². The minimum absolute atomic E-state index is 0.0151. The zero-order valence-electron chi connectivity index (χ0n) is 13.6. The molecule has 7 heteroatoms. The lowest BCUT2D eigenvalue weighted by Crippen LogP contribution is -2.44. The largest absolute Gasteiger partial charge is 0.371 e. The number of amides is 1. The number of benzene rings is 1. The van der Waals surface area contributed by atoms with Crippen LogP contribution in [0.25, 0.3) is 0 Å². The molecule has 132 valence electrons. The van der Waals surface area contributed by atoms with Gasteiger partial charge in [0.05, 0.1) is 29.3 Å². The molecule has 0 spiro atoms. The van der Waals surface area contributed by atoms with Crippen LogP contribution in [0.5, 0.6) is 0 Å². The monoisotopic (exact) mass is 379 g/mol. The Kier molecular flexibility index (Phi) is 6.26. The Hall–Kier alpha value is -1.66. The summed E-state index contributed by atoms with van der Waals surface area (Å²) in [5.74, 6) is -0.0151. The van der Waals surface area contributed by atoms with E-state index in [1.807, 2.05) is 24.3 Å². The van der Waals surface area contributed by atoms with Crippen LogP contribution < -0.4 is 5.32 Å². The summed E-state index contributed by atoms with van der Waals surface area (Å²) >= 11 is 12.0. The van der Waals surface area contributed by atoms with Gasteiger partial charge >= 0.3 is 0 Å². The molecule has 0 radical (unpaired) electrons. The molecule has 1 aliphatic rings. The van der Waals surface area contributed by atoms with E-state index in [9.17, 15) is 4.79 Å². The standard InChI is InChI=1S/C18H19Cl2N3O2/c19-15-4-3-14(8-16(15)20)17-11-23(6-7-25-17)12-18(24)22-10-13-2-1-5-21-9-13/h1-5,8-9,17H,6-7,10-12H2,(H,22,24). The molecule has 1 aliphatic heterocycles. The van der Waals surface area contributed by atoms with Gasteiger partial charge in [0.1, 0.15) is 0 Å². The van der Waals surface area contributed by atoms with Crippen LogP contribution in [-0.4, -0.2) is 42.0 Å². The molecule has 2 aromatic rings. The number of halogens is 2. The van der Waals surface area contributed by atoms with E-state index in [1.54, 1.807) is 18.5 Å². The van der Waals surface area contributed by atoms with Gasteiger partial charge in [0.2, 0.25) is 5.91 Å². The summed E-state index contributed by atoms with van der Waals surface area (Å²) in [5.41, 5.74) is 1.95. The number of hydrogen-bond acceptors (Lipinski definition) is 4. The van der Waals surface area contributed by atoms with Gasteiger partial charge in [0.25, 0.3) is 0 Å². The van der Waals surface area contributed by atoms with Gasteiger partial charge < -0.3 is 10.1 Å². The van der Waals surface area contributed by atoms with E-state index in [2.05, 4.69) is 15.2 Å². The first-order valence-electron chi connectivity index (χ1n) is 8.06. The van der Waals surface area contributed by atoms with Gasteiger partial charge in [-0.3, -0.25) is 14.7 Å². The summed E-state index contributed by atoms with van der Waals surface area (Å²) in [6.07, 6.45) is 3.34. The highest BCUT2D eigenvalue weighted by molar-refractivity contribution is 6.42. The lowest BCUT2D eigenvalue weighted by molar-refractivity contribution is -0.124. The molecule has 0 bridgehead atoms. The fraction of sp³-hybridized carbons (Fsp3) is 0.333. The molecule has 0 aliphatic carbocycles. The van der Waals surface area contributed by atoms with Crippen molar-refractivity contribution in [2.45, 2.75) is 12.6 Å². The third-order valence-corrected chi connectivity index (χ3v) is 4.78. The van der Waals surface area contributed by atoms with Crippen molar-refractivity contribution in [3.63, 3.8) is 0 Å². The Morgan fingerprint density at radius 2 is 2.20 bits per heavy atom. The molecule has 1 atom stereocenters. The summed E-state index contributed by atoms with van der Waals surface area (Å²) in [6, 6.07) is 9.28. The number of carbonyl (C=O) groups excluding carboxylic acids is 1. The Morgan fingerprint density at radius 1 is 1.32 bits per heavy atom. The molecule has 3 rings (SSSR count). The summed E-state index contributed by atoms with van der Waals surface area (Å²) in [5, 5.41) is 3.95. The van der Waals surface area contributed by atoms with Crippen molar-refractivity contribution in [3.8, 4) is 0 Å². The van der Waals surface area contributed by atoms with Crippen LogP contribution in [0.1, 0.15) is 17.2 Å². The molecule has 5 nitrogen and oxygen atoms in total. The molecule has 1 aromatic carbocycles. The smallest absolute Gasteiger partial charge is 0.234 e. The van der Waals surface area contributed by atoms with E-state index in [0.717, 1.165) is 17.7 Å². The zero-order valence-corrected chi connectivity index (χ0v) is 15.1. The SMILES string of the molecule is O=C(CN1CCOC(c2ccc(Cl)c(Cl)c2)C1)NCc1cccnc1. The van der Waals surface area contributed by atoms with Gasteiger partial charge in [-0.2, -0.15) is 0 Å². The van der Waals surface area contributed by atoms with Crippen LogP contribution in [-0.2, 0) is 16.1 Å². The summed E-state index contributed by atoms with van der Waals surface area (Å²) < 4.78 is 5.82. The Labute approximate surface area is 156 Å². The first-order chi connectivity index (χ1) is 12.1. The molecule has 0 saturated carbocycles. The van der Waals surface area contributed by atoms with E-state index < -0.39 is 0 Å². The molecule has 1 unspecified atom stereocenters. The highest BCUT2D eigenvalue weighted by Crippen LogP contribution is 2.28. The molecule has 2 heterocycles. The number of nitrogens with zero attached hydrogens (tertiary/aromatic N) is 2. The normalized spacial score (nSPS) is 18.1. The maximum atomic E-state index is 12.2. The van der Waals surface area contributed by atoms with Crippen LogP contribution in [0, 0.1) is 0 Å². The average Bonchev–Trinajstić information content (AvgIpc) is 2.63. The van der Waals surface area contributed by atoms with E-state index in [0.29, 0.717) is 36.3 Å². The fourth-order valence-corrected chi connectivity index (χ4v) is 3.03. The highest BCUT2D eigenvalue weighted by Gasteiger charge is 2.23.